The maximum Gasteiger partial charge on any atom is 0.383 e. The first kappa shape index (κ1) is 40.1. The maximum atomic E-state index is 13.6. The van der Waals surface area contributed by atoms with E-state index in [4.69, 9.17) is 18.0 Å². The molecule has 0 saturated carbocycles. The molecule has 0 unspecified atom stereocenters. The van der Waals surface area contributed by atoms with Gasteiger partial charge in [0.25, 0.3) is 0 Å². The van der Waals surface area contributed by atoms with Gasteiger partial charge in [0, 0.05) is 39.9 Å². The van der Waals surface area contributed by atoms with E-state index in [-0.39, 0.29) is 67.9 Å². The molecule has 1 rings (SSSR count). The van der Waals surface area contributed by atoms with Crippen LogP contribution < -0.4 is 0 Å². The van der Waals surface area contributed by atoms with Gasteiger partial charge in [0.1, 0.15) is 5.60 Å². The zero-order valence-corrected chi connectivity index (χ0v) is 35.5. The number of ether oxygens (including phenoxy) is 1. The molecular weight excluding hydrogens is 763 g/mol. The summed E-state index contributed by atoms with van der Waals surface area (Å²) in [6.07, 6.45) is -2.12. The number of aliphatic hydroxyl groups is 1. The second-order valence-electron chi connectivity index (χ2n) is 16.5. The second-order valence-corrected chi connectivity index (χ2v) is 30.8. The molecule has 1 aliphatic heterocycles. The largest absolute Gasteiger partial charge is 0.539 e. The number of hydrogen-bond donors (Lipinski definition) is 1. The molecule has 39 heavy (non-hydrogen) atoms. The first-order chi connectivity index (χ1) is 16.5. The molecule has 0 spiro atoms. The van der Waals surface area contributed by atoms with Gasteiger partial charge in [0.2, 0.25) is 0 Å². The van der Waals surface area contributed by atoms with Crippen LogP contribution in [0.4, 0.5) is 4.79 Å². The van der Waals surface area contributed by atoms with E-state index in [2.05, 4.69) is 102 Å². The summed E-state index contributed by atoms with van der Waals surface area (Å²) >= 11 is 0. The number of hydrogen-bond acceptors (Lipinski definition) is 6. The van der Waals surface area contributed by atoms with Crippen molar-refractivity contribution in [3.63, 3.8) is 0 Å². The van der Waals surface area contributed by atoms with Crippen LogP contribution in [0, 0.1) is 46.2 Å². The van der Waals surface area contributed by atoms with Crippen molar-refractivity contribution in [1.82, 2.24) is 4.90 Å². The van der Waals surface area contributed by atoms with Crippen molar-refractivity contribution in [3.8, 4) is 0 Å². The molecule has 0 aliphatic carbocycles. The fourth-order valence-corrected chi connectivity index (χ4v) is 6.86. The molecule has 0 radical (unpaired) electrons. The summed E-state index contributed by atoms with van der Waals surface area (Å²) < 4.78 is 26.3. The Bertz CT molecular complexity index is 825. The summed E-state index contributed by atoms with van der Waals surface area (Å²) in [5.41, 5.74) is -0.726. The smallest absolute Gasteiger partial charge is 0.383 e. The normalized spacial score (nSPS) is 22.6. The minimum atomic E-state index is -2.36. The molecule has 0 aromatic carbocycles. The van der Waals surface area contributed by atoms with E-state index in [1.54, 1.807) is 0 Å². The topological polar surface area (TPSA) is 77.5 Å². The van der Waals surface area contributed by atoms with Gasteiger partial charge in [0.15, 0.2) is 25.0 Å². The molecule has 0 aromatic heterocycles. The summed E-state index contributed by atoms with van der Waals surface area (Å²) in [4.78, 5) is 15.0. The number of likely N-dealkylation sites (tertiary alicyclic amines) is 1. The summed E-state index contributed by atoms with van der Waals surface area (Å²) in [7, 11) is -6.88. The molecule has 1 fully saturated rings. The molecule has 3 atom stereocenters. The third kappa shape index (κ3) is 10.1. The third-order valence-electron chi connectivity index (χ3n) is 8.99. The predicted octanol–water partition coefficient (Wildman–Crippen LogP) is 8.27. The van der Waals surface area contributed by atoms with Crippen LogP contribution in [0.5, 0.6) is 0 Å². The summed E-state index contributed by atoms with van der Waals surface area (Å²) in [5, 5.41) is 11.5. The van der Waals surface area contributed by atoms with E-state index in [9.17, 15) is 9.90 Å². The molecule has 7 nitrogen and oxygen atoms in total. The number of amides is 1. The average Bonchev–Trinajstić information content (AvgIpc) is 2.86. The van der Waals surface area contributed by atoms with E-state index < -0.39 is 54.9 Å². The molecule has 1 heterocycles. The minimum Gasteiger partial charge on any atom is -0.539 e. The zero-order chi connectivity index (χ0) is 30.5. The van der Waals surface area contributed by atoms with Gasteiger partial charge < -0.3 is 28.0 Å². The maximum absolute atomic E-state index is 13.6. The fourth-order valence-electron chi connectivity index (χ4n) is 3.29. The van der Waals surface area contributed by atoms with Crippen molar-refractivity contribution >= 4 is 31.0 Å². The van der Waals surface area contributed by atoms with Crippen LogP contribution in [0.15, 0.2) is 0 Å². The summed E-state index contributed by atoms with van der Waals surface area (Å²) in [6, 6.07) is -0.581. The van der Waals surface area contributed by atoms with E-state index in [0.717, 1.165) is 0 Å². The standard InChI is InChI=1S/C28H60NO6Si3.Th/c1-25(2,3)33-24(31)29-20(19-32-36(13,14)26(4,5)6)21(34-37(15,16)27(7,8)9)22(23(29)30)35-38(17,18)28(10,11)12;/h20-22,30H,19H2,1-18H3;/q-1;/t20-,21-,22-;/m1./s1. The van der Waals surface area contributed by atoms with Gasteiger partial charge in [-0.3, -0.25) is 0 Å². The zero-order valence-electron chi connectivity index (χ0n) is 28.4. The molecule has 1 saturated heterocycles. The Morgan fingerprint density at radius 3 is 1.49 bits per heavy atom. The van der Waals surface area contributed by atoms with Crippen molar-refractivity contribution in [2.45, 2.75) is 161 Å². The van der Waals surface area contributed by atoms with E-state index in [1.165, 1.54) is 4.90 Å². The molecule has 230 valence electrons. The van der Waals surface area contributed by atoms with Gasteiger partial charge in [-0.2, -0.15) is 0 Å². The molecular formula is C28H60NO6Si3Th-. The van der Waals surface area contributed by atoms with Crippen LogP contribution in [-0.2, 0) is 18.0 Å². The van der Waals surface area contributed by atoms with Gasteiger partial charge in [-0.05, 0) is 81.3 Å². The predicted molar refractivity (Wildman–Crippen MR) is 164 cm³/mol. The van der Waals surface area contributed by atoms with Crippen LogP contribution in [0.1, 0.15) is 83.1 Å². The van der Waals surface area contributed by atoms with Crippen molar-refractivity contribution < 1.29 is 67.9 Å². The van der Waals surface area contributed by atoms with Gasteiger partial charge in [-0.1, -0.05) is 68.5 Å². The molecule has 0 bridgehead atoms. The average molecular weight is 823 g/mol. The van der Waals surface area contributed by atoms with Crippen LogP contribution in [-0.4, -0.2) is 71.5 Å². The Labute approximate surface area is 275 Å². The Balaban J connectivity index is 0.0000144. The van der Waals surface area contributed by atoms with Crippen molar-refractivity contribution in [2.75, 3.05) is 6.61 Å². The molecule has 1 aliphatic rings. The van der Waals surface area contributed by atoms with Crippen LogP contribution in [0.3, 0.4) is 0 Å². The SMILES string of the molecule is CC(C)(C)OC(=O)N1[C-](O)[C@H](O[Si](C)(C)C(C)(C)C)[C@H](O[Si](C)(C)C(C)(C)C)[C@H]1CO[Si](C)(C)C(C)(C)C.[Th]. The molecule has 11 heteroatoms. The third-order valence-corrected chi connectivity index (χ3v) is 22.4. The van der Waals surface area contributed by atoms with E-state index in [0.29, 0.717) is 0 Å². The number of carbonyl (C=O) groups excluding carboxylic acids is 1. The minimum absolute atomic E-state index is 0. The number of carbonyl (C=O) groups is 1. The summed E-state index contributed by atoms with van der Waals surface area (Å²) in [5.74, 6) is 0. The molecule has 0 aromatic rings. The Morgan fingerprint density at radius 2 is 1.13 bits per heavy atom. The van der Waals surface area contributed by atoms with E-state index in [1.807, 2.05) is 20.8 Å². The number of rotatable bonds is 7. The second kappa shape index (κ2) is 13.0. The first-order valence-electron chi connectivity index (χ1n) is 14.0. The monoisotopic (exact) mass is 822 g/mol. The molecule has 1 amide bonds. The first-order valence-corrected chi connectivity index (χ1v) is 22.8. The van der Waals surface area contributed by atoms with Crippen LogP contribution in [0.25, 0.3) is 0 Å². The number of aliphatic hydroxyl groups excluding tert-OH is 1. The fraction of sp³-hybridized carbons (Fsp3) is 0.929. The van der Waals surface area contributed by atoms with E-state index >= 15 is 0 Å². The Morgan fingerprint density at radius 1 is 0.744 bits per heavy atom. The van der Waals surface area contributed by atoms with Crippen molar-refractivity contribution in [2.24, 2.45) is 0 Å². The quantitative estimate of drug-likeness (QED) is 0.206. The Hall–Kier alpha value is 1.09. The summed E-state index contributed by atoms with van der Waals surface area (Å²) in [6.45, 7) is 38.4. The van der Waals surface area contributed by atoms with Gasteiger partial charge in [-0.25, -0.2) is 4.79 Å². The Kier molecular flexibility index (Phi) is 13.3. The van der Waals surface area contributed by atoms with Crippen LogP contribution >= 0.6 is 0 Å². The van der Waals surface area contributed by atoms with Gasteiger partial charge in [0.05, 0.1) is 18.8 Å². The van der Waals surface area contributed by atoms with Crippen molar-refractivity contribution in [3.05, 3.63) is 6.23 Å². The van der Waals surface area contributed by atoms with Crippen molar-refractivity contribution in [1.29, 1.82) is 0 Å². The number of nitrogens with zero attached hydrogens (tertiary/aromatic N) is 1. The van der Waals surface area contributed by atoms with Gasteiger partial charge in [-0.15, -0.1) is 0 Å². The van der Waals surface area contributed by atoms with Gasteiger partial charge >= 0.3 is 6.09 Å². The van der Waals surface area contributed by atoms with Crippen LogP contribution in [0.2, 0.25) is 54.4 Å². The molecule has 1 N–H and O–H groups in total.